The van der Waals surface area contributed by atoms with Crippen molar-refractivity contribution in [1.29, 1.82) is 0 Å². The van der Waals surface area contributed by atoms with E-state index >= 15 is 0 Å². The van der Waals surface area contributed by atoms with Gasteiger partial charge in [-0.1, -0.05) is 90.0 Å². The summed E-state index contributed by atoms with van der Waals surface area (Å²) in [5, 5.41) is 10.7. The molecule has 0 heterocycles. The zero-order valence-corrected chi connectivity index (χ0v) is 13.4. The van der Waals surface area contributed by atoms with E-state index in [-0.39, 0.29) is 0 Å². The minimum absolute atomic E-state index is 0.460. The van der Waals surface area contributed by atoms with Gasteiger partial charge in [0.25, 0.3) is 0 Å². The smallest absolute Gasteiger partial charge is 0.0482 e. The summed E-state index contributed by atoms with van der Waals surface area (Å²) >= 11 is 0. The van der Waals surface area contributed by atoms with Crippen LogP contribution in [0, 0.1) is 5.92 Å². The van der Waals surface area contributed by atoms with Crippen LogP contribution in [-0.2, 0) is 4.79 Å². The minimum Gasteiger partial charge on any atom is -0.550 e. The molecule has 0 saturated carbocycles. The maximum atomic E-state index is 10.7. The molecule has 0 aliphatic heterocycles. The third-order valence-corrected chi connectivity index (χ3v) is 3.96. The summed E-state index contributed by atoms with van der Waals surface area (Å²) in [6.07, 6.45) is 17.8. The Morgan fingerprint density at radius 3 is 1.65 bits per heavy atom. The SMILES string of the molecule is C=CC(CCCCCCCCCCCCCC)C(=O)[O-]. The molecule has 0 rings (SSSR count). The molecule has 1 unspecified atom stereocenters. The lowest BCUT2D eigenvalue weighted by Crippen LogP contribution is -2.29. The Morgan fingerprint density at radius 2 is 1.30 bits per heavy atom. The van der Waals surface area contributed by atoms with Crippen LogP contribution in [0.5, 0.6) is 0 Å². The Labute approximate surface area is 125 Å². The van der Waals surface area contributed by atoms with E-state index in [2.05, 4.69) is 13.5 Å². The third kappa shape index (κ3) is 12.3. The van der Waals surface area contributed by atoms with Gasteiger partial charge in [-0.25, -0.2) is 0 Å². The van der Waals surface area contributed by atoms with Crippen molar-refractivity contribution in [1.82, 2.24) is 0 Å². The molecule has 118 valence electrons. The van der Waals surface area contributed by atoms with Crippen molar-refractivity contribution in [2.75, 3.05) is 0 Å². The Bertz CT molecular complexity index is 236. The van der Waals surface area contributed by atoms with Gasteiger partial charge in [-0.05, 0) is 6.42 Å². The van der Waals surface area contributed by atoms with Crippen LogP contribution in [0.1, 0.15) is 90.4 Å². The largest absolute Gasteiger partial charge is 0.550 e. The number of rotatable bonds is 15. The van der Waals surface area contributed by atoms with Crippen molar-refractivity contribution >= 4 is 5.97 Å². The predicted molar refractivity (Wildman–Crippen MR) is 84.4 cm³/mol. The van der Waals surface area contributed by atoms with Crippen LogP contribution >= 0.6 is 0 Å². The normalized spacial score (nSPS) is 12.2. The first kappa shape index (κ1) is 19.2. The second-order valence-electron chi connectivity index (χ2n) is 5.84. The molecule has 0 N–H and O–H groups in total. The molecule has 0 saturated heterocycles. The number of hydrogen-bond donors (Lipinski definition) is 0. The van der Waals surface area contributed by atoms with Gasteiger partial charge in [0.15, 0.2) is 0 Å². The molecule has 0 spiro atoms. The fraction of sp³-hybridized carbons (Fsp3) is 0.833. The first-order chi connectivity index (χ1) is 9.72. The first-order valence-electron chi connectivity index (χ1n) is 8.55. The summed E-state index contributed by atoms with van der Waals surface area (Å²) in [6, 6.07) is 0. The molecule has 0 aromatic carbocycles. The average molecular weight is 281 g/mol. The second-order valence-corrected chi connectivity index (χ2v) is 5.84. The number of unbranched alkanes of at least 4 members (excludes halogenated alkanes) is 11. The number of aliphatic carboxylic acids is 1. The van der Waals surface area contributed by atoms with Gasteiger partial charge in [0.1, 0.15) is 0 Å². The maximum Gasteiger partial charge on any atom is 0.0482 e. The highest BCUT2D eigenvalue weighted by atomic mass is 16.4. The molecule has 2 heteroatoms. The highest BCUT2D eigenvalue weighted by Gasteiger charge is 2.03. The Kier molecular flexibility index (Phi) is 14.0. The topological polar surface area (TPSA) is 40.1 Å². The van der Waals surface area contributed by atoms with Gasteiger partial charge < -0.3 is 9.90 Å². The van der Waals surface area contributed by atoms with Crippen LogP contribution in [-0.4, -0.2) is 5.97 Å². The molecule has 0 aliphatic carbocycles. The molecule has 0 aromatic heterocycles. The van der Waals surface area contributed by atoms with Gasteiger partial charge >= 0.3 is 0 Å². The molecule has 0 radical (unpaired) electrons. The molecule has 20 heavy (non-hydrogen) atoms. The lowest BCUT2D eigenvalue weighted by atomic mass is 10.00. The molecule has 2 nitrogen and oxygen atoms in total. The molecule has 0 aromatic rings. The van der Waals surface area contributed by atoms with E-state index in [0.717, 1.165) is 12.8 Å². The standard InChI is InChI=1S/C18H34O2/c1-3-5-6-7-8-9-10-11-12-13-14-15-16-17(4-2)18(19)20/h4,17H,2-3,5-16H2,1H3,(H,19,20)/p-1. The van der Waals surface area contributed by atoms with E-state index in [0.29, 0.717) is 6.42 Å². The van der Waals surface area contributed by atoms with Crippen LogP contribution in [0.3, 0.4) is 0 Å². The van der Waals surface area contributed by atoms with E-state index < -0.39 is 11.9 Å². The summed E-state index contributed by atoms with van der Waals surface area (Å²) in [6.45, 7) is 5.79. The molecule has 0 bridgehead atoms. The van der Waals surface area contributed by atoms with E-state index in [4.69, 9.17) is 0 Å². The van der Waals surface area contributed by atoms with Crippen molar-refractivity contribution in [3.8, 4) is 0 Å². The maximum absolute atomic E-state index is 10.7. The predicted octanol–water partition coefficient (Wildman–Crippen LogP) is 4.63. The highest BCUT2D eigenvalue weighted by molar-refractivity contribution is 5.69. The Morgan fingerprint density at radius 1 is 0.900 bits per heavy atom. The molecule has 0 aliphatic rings. The minimum atomic E-state index is -0.983. The van der Waals surface area contributed by atoms with Gasteiger partial charge in [0.05, 0.1) is 0 Å². The summed E-state index contributed by atoms with van der Waals surface area (Å²) in [5.74, 6) is -1.44. The monoisotopic (exact) mass is 281 g/mol. The van der Waals surface area contributed by atoms with Gasteiger partial charge in [-0.3, -0.25) is 0 Å². The molecule has 1 atom stereocenters. The molecular weight excluding hydrogens is 248 g/mol. The van der Waals surface area contributed by atoms with E-state index in [9.17, 15) is 9.90 Å². The van der Waals surface area contributed by atoms with Gasteiger partial charge in [0.2, 0.25) is 0 Å². The van der Waals surface area contributed by atoms with Crippen LogP contribution in [0.15, 0.2) is 12.7 Å². The van der Waals surface area contributed by atoms with Crippen molar-refractivity contribution in [2.24, 2.45) is 5.92 Å². The van der Waals surface area contributed by atoms with Crippen molar-refractivity contribution < 1.29 is 9.90 Å². The van der Waals surface area contributed by atoms with Gasteiger partial charge in [-0.15, -0.1) is 6.58 Å². The number of hydrogen-bond acceptors (Lipinski definition) is 2. The lowest BCUT2D eigenvalue weighted by molar-refractivity contribution is -0.309. The van der Waals surface area contributed by atoms with Crippen LogP contribution in [0.2, 0.25) is 0 Å². The molecule has 0 amide bonds. The Balaban J connectivity index is 3.17. The zero-order chi connectivity index (χ0) is 15.1. The summed E-state index contributed by atoms with van der Waals surface area (Å²) in [4.78, 5) is 10.7. The second kappa shape index (κ2) is 14.6. The summed E-state index contributed by atoms with van der Waals surface area (Å²) in [7, 11) is 0. The fourth-order valence-electron chi connectivity index (χ4n) is 2.54. The van der Waals surface area contributed by atoms with Crippen molar-refractivity contribution in [3.05, 3.63) is 12.7 Å². The van der Waals surface area contributed by atoms with Crippen LogP contribution in [0.25, 0.3) is 0 Å². The number of carboxylic acids is 1. The summed E-state index contributed by atoms with van der Waals surface area (Å²) < 4.78 is 0. The van der Waals surface area contributed by atoms with E-state index in [1.165, 1.54) is 70.3 Å². The van der Waals surface area contributed by atoms with Gasteiger partial charge in [-0.2, -0.15) is 0 Å². The van der Waals surface area contributed by atoms with E-state index in [1.54, 1.807) is 0 Å². The quantitative estimate of drug-likeness (QED) is 0.324. The van der Waals surface area contributed by atoms with Gasteiger partial charge in [0, 0.05) is 11.9 Å². The zero-order valence-electron chi connectivity index (χ0n) is 13.4. The molecular formula is C18H33O2-. The fourth-order valence-corrected chi connectivity index (χ4v) is 2.54. The number of carboxylic acid groups (broad SMARTS) is 1. The summed E-state index contributed by atoms with van der Waals surface area (Å²) in [5.41, 5.74) is 0. The van der Waals surface area contributed by atoms with Crippen LogP contribution in [0.4, 0.5) is 0 Å². The van der Waals surface area contributed by atoms with Crippen molar-refractivity contribution in [2.45, 2.75) is 90.4 Å². The average Bonchev–Trinajstić information content (AvgIpc) is 2.43. The number of carbonyl (C=O) groups excluding carboxylic acids is 1. The van der Waals surface area contributed by atoms with E-state index in [1.807, 2.05) is 0 Å². The van der Waals surface area contributed by atoms with Crippen LogP contribution < -0.4 is 5.11 Å². The Hall–Kier alpha value is -0.790. The lowest BCUT2D eigenvalue weighted by Gasteiger charge is -2.12. The van der Waals surface area contributed by atoms with Crippen molar-refractivity contribution in [3.63, 3.8) is 0 Å². The third-order valence-electron chi connectivity index (χ3n) is 3.96. The number of carbonyl (C=O) groups is 1. The first-order valence-corrected chi connectivity index (χ1v) is 8.55. The molecule has 0 fully saturated rings. The highest BCUT2D eigenvalue weighted by Crippen LogP contribution is 2.14.